The largest absolute Gasteiger partial charge is 0.464 e. The third-order valence-corrected chi connectivity index (χ3v) is 4.86. The zero-order valence-electron chi connectivity index (χ0n) is 17.0. The molecule has 1 aromatic carbocycles. The number of ether oxygens (including phenoxy) is 1. The summed E-state index contributed by atoms with van der Waals surface area (Å²) >= 11 is 0. The molecule has 0 saturated carbocycles. The Morgan fingerprint density at radius 2 is 2.03 bits per heavy atom. The SMILES string of the molecule is CCOC(=O)[C@H](CC(C)C)NC(=O)C[C@@H]1CCC(=O)N1Cc1cccc(F)c1F. The molecule has 1 aromatic rings. The molecule has 2 rings (SSSR count). The van der Waals surface area contributed by atoms with E-state index in [1.807, 2.05) is 13.8 Å². The fraction of sp³-hybridized carbons (Fsp3) is 0.571. The molecule has 0 aliphatic carbocycles. The van der Waals surface area contributed by atoms with E-state index in [0.717, 1.165) is 6.07 Å². The summed E-state index contributed by atoms with van der Waals surface area (Å²) in [4.78, 5) is 38.3. The van der Waals surface area contributed by atoms with Crippen molar-refractivity contribution in [2.75, 3.05) is 6.61 Å². The topological polar surface area (TPSA) is 75.7 Å². The Hall–Kier alpha value is -2.51. The number of nitrogens with one attached hydrogen (secondary N) is 1. The first kappa shape index (κ1) is 22.8. The van der Waals surface area contributed by atoms with Crippen LogP contribution in [-0.4, -0.2) is 41.4 Å². The number of rotatable bonds is 9. The van der Waals surface area contributed by atoms with Gasteiger partial charge >= 0.3 is 5.97 Å². The van der Waals surface area contributed by atoms with Gasteiger partial charge < -0.3 is 15.0 Å². The fourth-order valence-corrected chi connectivity index (χ4v) is 3.47. The normalized spacial score (nSPS) is 17.5. The first-order valence-corrected chi connectivity index (χ1v) is 9.91. The number of halogens is 2. The first-order valence-electron chi connectivity index (χ1n) is 9.91. The van der Waals surface area contributed by atoms with Crippen molar-refractivity contribution in [3.8, 4) is 0 Å². The number of hydrogen-bond donors (Lipinski definition) is 1. The highest BCUT2D eigenvalue weighted by molar-refractivity contribution is 5.86. The van der Waals surface area contributed by atoms with E-state index >= 15 is 0 Å². The quantitative estimate of drug-likeness (QED) is 0.635. The molecule has 8 heteroatoms. The van der Waals surface area contributed by atoms with Gasteiger partial charge in [-0.1, -0.05) is 26.0 Å². The Kier molecular flexibility index (Phi) is 8.10. The highest BCUT2D eigenvalue weighted by Crippen LogP contribution is 2.25. The minimum Gasteiger partial charge on any atom is -0.464 e. The van der Waals surface area contributed by atoms with E-state index in [0.29, 0.717) is 12.8 Å². The van der Waals surface area contributed by atoms with Crippen molar-refractivity contribution in [3.63, 3.8) is 0 Å². The second kappa shape index (κ2) is 10.3. The van der Waals surface area contributed by atoms with Gasteiger partial charge in [0.2, 0.25) is 11.8 Å². The summed E-state index contributed by atoms with van der Waals surface area (Å²) in [7, 11) is 0. The Morgan fingerprint density at radius 1 is 1.31 bits per heavy atom. The molecular weight excluding hydrogens is 382 g/mol. The molecule has 0 unspecified atom stereocenters. The molecule has 0 radical (unpaired) electrons. The van der Waals surface area contributed by atoms with Crippen molar-refractivity contribution in [2.24, 2.45) is 5.92 Å². The van der Waals surface area contributed by atoms with Gasteiger partial charge in [0, 0.05) is 31.0 Å². The fourth-order valence-electron chi connectivity index (χ4n) is 3.47. The average Bonchev–Trinajstić information content (AvgIpc) is 2.98. The van der Waals surface area contributed by atoms with E-state index in [1.54, 1.807) is 6.92 Å². The minimum absolute atomic E-state index is 0.0172. The van der Waals surface area contributed by atoms with Gasteiger partial charge in [-0.3, -0.25) is 9.59 Å². The number of esters is 1. The zero-order chi connectivity index (χ0) is 21.6. The molecule has 2 amide bonds. The van der Waals surface area contributed by atoms with Crippen molar-refractivity contribution >= 4 is 17.8 Å². The van der Waals surface area contributed by atoms with E-state index < -0.39 is 29.7 Å². The lowest BCUT2D eigenvalue weighted by atomic mass is 10.0. The van der Waals surface area contributed by atoms with Crippen molar-refractivity contribution in [1.29, 1.82) is 0 Å². The van der Waals surface area contributed by atoms with Crippen LogP contribution in [0.1, 0.15) is 52.0 Å². The maximum atomic E-state index is 14.0. The maximum absolute atomic E-state index is 14.0. The Labute approximate surface area is 169 Å². The average molecular weight is 410 g/mol. The summed E-state index contributed by atoms with van der Waals surface area (Å²) in [5.41, 5.74) is 0.0647. The van der Waals surface area contributed by atoms with Crippen LogP contribution in [0.2, 0.25) is 0 Å². The van der Waals surface area contributed by atoms with Crippen molar-refractivity contribution in [2.45, 2.75) is 65.1 Å². The minimum atomic E-state index is -0.991. The second-order valence-electron chi connectivity index (χ2n) is 7.63. The lowest BCUT2D eigenvalue weighted by Crippen LogP contribution is -2.45. The molecule has 29 heavy (non-hydrogen) atoms. The molecule has 0 aromatic heterocycles. The van der Waals surface area contributed by atoms with Gasteiger partial charge in [-0.25, -0.2) is 13.6 Å². The van der Waals surface area contributed by atoms with Gasteiger partial charge in [-0.15, -0.1) is 0 Å². The molecule has 1 fully saturated rings. The van der Waals surface area contributed by atoms with Crippen LogP contribution in [0.3, 0.4) is 0 Å². The summed E-state index contributed by atoms with van der Waals surface area (Å²) in [5, 5.41) is 2.69. The number of carbonyl (C=O) groups is 3. The van der Waals surface area contributed by atoms with Crippen molar-refractivity contribution < 1.29 is 27.9 Å². The van der Waals surface area contributed by atoms with Crippen LogP contribution in [0.25, 0.3) is 0 Å². The summed E-state index contributed by atoms with van der Waals surface area (Å²) < 4.78 is 32.5. The molecule has 1 heterocycles. The predicted molar refractivity (Wildman–Crippen MR) is 103 cm³/mol. The molecule has 1 aliphatic rings. The van der Waals surface area contributed by atoms with E-state index in [9.17, 15) is 23.2 Å². The van der Waals surface area contributed by atoms with Gasteiger partial charge in [0.05, 0.1) is 6.61 Å². The number of amides is 2. The standard InChI is InChI=1S/C21H28F2N2O4/c1-4-29-21(28)17(10-13(2)3)24-18(26)11-15-8-9-19(27)25(15)12-14-6-5-7-16(22)20(14)23/h5-7,13,15,17H,4,8-12H2,1-3H3,(H,24,26)/t15-,17-/m0/s1. The van der Waals surface area contributed by atoms with Crippen LogP contribution in [-0.2, 0) is 25.7 Å². The van der Waals surface area contributed by atoms with Gasteiger partial charge in [-0.2, -0.15) is 0 Å². The van der Waals surface area contributed by atoms with Crippen LogP contribution < -0.4 is 5.32 Å². The molecular formula is C21H28F2N2O4. The van der Waals surface area contributed by atoms with Crippen LogP contribution in [0, 0.1) is 17.6 Å². The number of carbonyl (C=O) groups excluding carboxylic acids is 3. The third-order valence-electron chi connectivity index (χ3n) is 4.86. The highest BCUT2D eigenvalue weighted by Gasteiger charge is 2.34. The van der Waals surface area contributed by atoms with Gasteiger partial charge in [0.25, 0.3) is 0 Å². The number of benzene rings is 1. The third kappa shape index (κ3) is 6.24. The lowest BCUT2D eigenvalue weighted by Gasteiger charge is -2.26. The summed E-state index contributed by atoms with van der Waals surface area (Å²) in [5.74, 6) is -2.88. The van der Waals surface area contributed by atoms with Crippen LogP contribution >= 0.6 is 0 Å². The second-order valence-corrected chi connectivity index (χ2v) is 7.63. The van der Waals surface area contributed by atoms with Crippen molar-refractivity contribution in [1.82, 2.24) is 10.2 Å². The molecule has 160 valence electrons. The predicted octanol–water partition coefficient (Wildman–Crippen LogP) is 2.94. The van der Waals surface area contributed by atoms with E-state index in [1.165, 1.54) is 17.0 Å². The molecule has 0 bridgehead atoms. The number of likely N-dealkylation sites (tertiary alicyclic amines) is 1. The van der Waals surface area contributed by atoms with E-state index in [4.69, 9.17) is 4.74 Å². The molecule has 6 nitrogen and oxygen atoms in total. The Morgan fingerprint density at radius 3 is 2.69 bits per heavy atom. The lowest BCUT2D eigenvalue weighted by molar-refractivity contribution is -0.148. The summed E-state index contributed by atoms with van der Waals surface area (Å²) in [6.45, 7) is 5.67. The van der Waals surface area contributed by atoms with Crippen LogP contribution in [0.5, 0.6) is 0 Å². The molecule has 1 saturated heterocycles. The Balaban J connectivity index is 2.04. The Bertz CT molecular complexity index is 754. The molecule has 1 aliphatic heterocycles. The molecule has 2 atom stereocenters. The maximum Gasteiger partial charge on any atom is 0.328 e. The van der Waals surface area contributed by atoms with E-state index in [-0.39, 0.29) is 49.3 Å². The smallest absolute Gasteiger partial charge is 0.328 e. The van der Waals surface area contributed by atoms with Crippen LogP contribution in [0.4, 0.5) is 8.78 Å². The highest BCUT2D eigenvalue weighted by atomic mass is 19.2. The van der Waals surface area contributed by atoms with Gasteiger partial charge in [-0.05, 0) is 31.7 Å². The number of hydrogen-bond acceptors (Lipinski definition) is 4. The number of nitrogens with zero attached hydrogens (tertiary/aromatic N) is 1. The summed E-state index contributed by atoms with van der Waals surface area (Å²) in [6.07, 6.45) is 1.10. The van der Waals surface area contributed by atoms with Gasteiger partial charge in [0.1, 0.15) is 6.04 Å². The zero-order valence-corrected chi connectivity index (χ0v) is 17.0. The first-order chi connectivity index (χ1) is 13.7. The van der Waals surface area contributed by atoms with Gasteiger partial charge in [0.15, 0.2) is 11.6 Å². The molecule has 1 N–H and O–H groups in total. The van der Waals surface area contributed by atoms with E-state index in [2.05, 4.69) is 5.32 Å². The van der Waals surface area contributed by atoms with Crippen molar-refractivity contribution in [3.05, 3.63) is 35.4 Å². The monoisotopic (exact) mass is 410 g/mol. The summed E-state index contributed by atoms with van der Waals surface area (Å²) in [6, 6.07) is 2.62. The molecule has 0 spiro atoms. The van der Waals surface area contributed by atoms with Crippen LogP contribution in [0.15, 0.2) is 18.2 Å².